The Morgan fingerprint density at radius 3 is 2.43 bits per heavy atom. The van der Waals surface area contributed by atoms with Gasteiger partial charge in [0.2, 0.25) is 5.91 Å². The molecule has 2 fully saturated rings. The largest absolute Gasteiger partial charge is 0.342 e. The van der Waals surface area contributed by atoms with Gasteiger partial charge in [-0.1, -0.05) is 37.3 Å². The van der Waals surface area contributed by atoms with E-state index in [0.29, 0.717) is 11.8 Å². The highest BCUT2D eigenvalue weighted by atomic mass is 35.5. The molecular formula is C19H29ClN2O. The van der Waals surface area contributed by atoms with E-state index in [1.54, 1.807) is 0 Å². The highest BCUT2D eigenvalue weighted by Gasteiger charge is 2.33. The Hall–Kier alpha value is -1.06. The molecule has 3 nitrogen and oxygen atoms in total. The number of amides is 1. The molecule has 0 aliphatic carbocycles. The molecule has 2 aliphatic rings. The summed E-state index contributed by atoms with van der Waals surface area (Å²) in [5.41, 5.74) is 1.44. The van der Waals surface area contributed by atoms with E-state index in [-0.39, 0.29) is 18.3 Å². The Morgan fingerprint density at radius 2 is 1.87 bits per heavy atom. The number of carbonyl (C=O) groups excluding carboxylic acids is 1. The Morgan fingerprint density at radius 1 is 1.22 bits per heavy atom. The zero-order valence-electron chi connectivity index (χ0n) is 14.0. The maximum absolute atomic E-state index is 12.5. The Bertz CT molecular complexity index is 481. The van der Waals surface area contributed by atoms with Crippen molar-refractivity contribution < 1.29 is 4.79 Å². The molecule has 1 unspecified atom stereocenters. The first-order chi connectivity index (χ1) is 10.7. The number of piperidine rings is 1. The number of hydrogen-bond acceptors (Lipinski definition) is 2. The molecule has 2 heterocycles. The van der Waals surface area contributed by atoms with E-state index in [9.17, 15) is 4.79 Å². The van der Waals surface area contributed by atoms with Gasteiger partial charge >= 0.3 is 0 Å². The van der Waals surface area contributed by atoms with Crippen LogP contribution in [0.5, 0.6) is 0 Å². The molecule has 0 spiro atoms. The molecule has 0 bridgehead atoms. The van der Waals surface area contributed by atoms with E-state index in [0.717, 1.165) is 32.1 Å². The van der Waals surface area contributed by atoms with Gasteiger partial charge in [-0.3, -0.25) is 4.79 Å². The van der Waals surface area contributed by atoms with Gasteiger partial charge in [0.15, 0.2) is 0 Å². The molecule has 1 aromatic rings. The topological polar surface area (TPSA) is 32.3 Å². The van der Waals surface area contributed by atoms with Crippen LogP contribution < -0.4 is 5.32 Å². The lowest BCUT2D eigenvalue weighted by molar-refractivity contribution is -0.138. The standard InChI is InChI=1S/C19H28N2O.ClH/c1-15(18-13-20-14-18)19(22)21-11-9-17(10-12-21)8-7-16-5-3-2-4-6-16;/h2-6,15,17-18,20H,7-14H2,1H3;1H. The second kappa shape index (κ2) is 8.70. The number of likely N-dealkylation sites (tertiary alicyclic amines) is 1. The number of benzene rings is 1. The molecule has 1 amide bonds. The molecule has 3 rings (SSSR count). The second-order valence-corrected chi connectivity index (χ2v) is 7.00. The van der Waals surface area contributed by atoms with Gasteiger partial charge in [0.05, 0.1) is 0 Å². The van der Waals surface area contributed by atoms with E-state index >= 15 is 0 Å². The average Bonchev–Trinajstić information content (AvgIpc) is 2.52. The third-order valence-electron chi connectivity index (χ3n) is 5.52. The van der Waals surface area contributed by atoms with Crippen LogP contribution >= 0.6 is 12.4 Å². The maximum Gasteiger partial charge on any atom is 0.225 e. The normalized spacial score (nSPS) is 20.5. The highest BCUT2D eigenvalue weighted by molar-refractivity contribution is 5.85. The molecule has 1 aromatic carbocycles. The number of aryl methyl sites for hydroxylation is 1. The van der Waals surface area contributed by atoms with Crippen molar-refractivity contribution in [3.63, 3.8) is 0 Å². The predicted molar refractivity (Wildman–Crippen MR) is 96.8 cm³/mol. The summed E-state index contributed by atoms with van der Waals surface area (Å²) < 4.78 is 0. The fourth-order valence-corrected chi connectivity index (χ4v) is 3.61. The van der Waals surface area contributed by atoms with E-state index in [2.05, 4.69) is 47.5 Å². The van der Waals surface area contributed by atoms with Gasteiger partial charge in [-0.05, 0) is 56.2 Å². The predicted octanol–water partition coefficient (Wildman–Crippen LogP) is 3.14. The van der Waals surface area contributed by atoms with Crippen LogP contribution in [0.2, 0.25) is 0 Å². The first-order valence-electron chi connectivity index (χ1n) is 8.77. The van der Waals surface area contributed by atoms with Crippen LogP contribution in [0.3, 0.4) is 0 Å². The van der Waals surface area contributed by atoms with Crippen molar-refractivity contribution >= 4 is 18.3 Å². The van der Waals surface area contributed by atoms with Gasteiger partial charge in [0.1, 0.15) is 0 Å². The minimum Gasteiger partial charge on any atom is -0.342 e. The Labute approximate surface area is 146 Å². The van der Waals surface area contributed by atoms with Crippen molar-refractivity contribution in [2.45, 2.75) is 32.6 Å². The van der Waals surface area contributed by atoms with Crippen LogP contribution in [-0.2, 0) is 11.2 Å². The number of halogens is 1. The van der Waals surface area contributed by atoms with Crippen molar-refractivity contribution in [3.8, 4) is 0 Å². The molecule has 128 valence electrons. The van der Waals surface area contributed by atoms with E-state index in [1.807, 2.05) is 0 Å². The fraction of sp³-hybridized carbons (Fsp3) is 0.632. The smallest absolute Gasteiger partial charge is 0.225 e. The van der Waals surface area contributed by atoms with E-state index < -0.39 is 0 Å². The average molecular weight is 337 g/mol. The van der Waals surface area contributed by atoms with Gasteiger partial charge in [-0.25, -0.2) is 0 Å². The van der Waals surface area contributed by atoms with Crippen molar-refractivity contribution in [3.05, 3.63) is 35.9 Å². The monoisotopic (exact) mass is 336 g/mol. The highest BCUT2D eigenvalue weighted by Crippen LogP contribution is 2.25. The molecule has 1 atom stereocenters. The van der Waals surface area contributed by atoms with Crippen LogP contribution in [-0.4, -0.2) is 37.0 Å². The van der Waals surface area contributed by atoms with Gasteiger partial charge in [-0.15, -0.1) is 12.4 Å². The molecule has 23 heavy (non-hydrogen) atoms. The van der Waals surface area contributed by atoms with Crippen LogP contribution in [0.4, 0.5) is 0 Å². The number of nitrogens with one attached hydrogen (secondary N) is 1. The van der Waals surface area contributed by atoms with Gasteiger partial charge in [0, 0.05) is 19.0 Å². The van der Waals surface area contributed by atoms with Gasteiger partial charge < -0.3 is 10.2 Å². The summed E-state index contributed by atoms with van der Waals surface area (Å²) in [6.07, 6.45) is 4.78. The van der Waals surface area contributed by atoms with Gasteiger partial charge in [-0.2, -0.15) is 0 Å². The summed E-state index contributed by atoms with van der Waals surface area (Å²) >= 11 is 0. The van der Waals surface area contributed by atoms with E-state index in [4.69, 9.17) is 0 Å². The summed E-state index contributed by atoms with van der Waals surface area (Å²) in [5, 5.41) is 3.27. The fourth-order valence-electron chi connectivity index (χ4n) is 3.61. The third kappa shape index (κ3) is 4.71. The third-order valence-corrected chi connectivity index (χ3v) is 5.52. The molecular weight excluding hydrogens is 308 g/mol. The Kier molecular flexibility index (Phi) is 6.91. The lowest BCUT2D eigenvalue weighted by Crippen LogP contribution is -2.51. The molecule has 0 radical (unpaired) electrons. The SMILES string of the molecule is CC(C(=O)N1CCC(CCc2ccccc2)CC1)C1CNC1.Cl. The van der Waals surface area contributed by atoms with Crippen molar-refractivity contribution in [1.29, 1.82) is 0 Å². The minimum absolute atomic E-state index is 0. The summed E-state index contributed by atoms with van der Waals surface area (Å²) in [6, 6.07) is 10.7. The molecule has 4 heteroatoms. The quantitative estimate of drug-likeness (QED) is 0.896. The van der Waals surface area contributed by atoms with E-state index in [1.165, 1.54) is 31.2 Å². The number of nitrogens with zero attached hydrogens (tertiary/aromatic N) is 1. The second-order valence-electron chi connectivity index (χ2n) is 7.00. The summed E-state index contributed by atoms with van der Waals surface area (Å²) in [7, 11) is 0. The molecule has 1 N–H and O–H groups in total. The van der Waals surface area contributed by atoms with Crippen molar-refractivity contribution in [2.24, 2.45) is 17.8 Å². The van der Waals surface area contributed by atoms with Crippen molar-refractivity contribution in [1.82, 2.24) is 10.2 Å². The van der Waals surface area contributed by atoms with Crippen LogP contribution in [0.25, 0.3) is 0 Å². The first kappa shape index (κ1) is 18.3. The van der Waals surface area contributed by atoms with Gasteiger partial charge in [0.25, 0.3) is 0 Å². The lowest BCUT2D eigenvalue weighted by Gasteiger charge is -2.38. The van der Waals surface area contributed by atoms with Crippen LogP contribution in [0, 0.1) is 17.8 Å². The summed E-state index contributed by atoms with van der Waals surface area (Å²) in [4.78, 5) is 14.6. The number of carbonyl (C=O) groups is 1. The van der Waals surface area contributed by atoms with Crippen LogP contribution in [0.1, 0.15) is 31.7 Å². The van der Waals surface area contributed by atoms with Crippen molar-refractivity contribution in [2.75, 3.05) is 26.2 Å². The number of rotatable bonds is 5. The zero-order valence-corrected chi connectivity index (χ0v) is 14.9. The van der Waals surface area contributed by atoms with Crippen LogP contribution in [0.15, 0.2) is 30.3 Å². The number of hydrogen-bond donors (Lipinski definition) is 1. The Balaban J connectivity index is 0.00000192. The molecule has 0 aromatic heterocycles. The maximum atomic E-state index is 12.5. The minimum atomic E-state index is 0. The molecule has 2 aliphatic heterocycles. The first-order valence-corrected chi connectivity index (χ1v) is 8.77. The molecule has 0 saturated carbocycles. The zero-order chi connectivity index (χ0) is 15.4. The molecule has 2 saturated heterocycles. The lowest BCUT2D eigenvalue weighted by atomic mass is 9.86. The summed E-state index contributed by atoms with van der Waals surface area (Å²) in [6.45, 7) is 6.06. The summed E-state index contributed by atoms with van der Waals surface area (Å²) in [5.74, 6) is 1.92.